The van der Waals surface area contributed by atoms with Crippen molar-refractivity contribution in [2.75, 3.05) is 51.3 Å². The second-order valence-corrected chi connectivity index (χ2v) is 12.3. The van der Waals surface area contributed by atoms with Crippen molar-refractivity contribution in [1.29, 1.82) is 0 Å². The summed E-state index contributed by atoms with van der Waals surface area (Å²) in [5.74, 6) is 0. The molecule has 0 saturated carbocycles. The zero-order valence-electron chi connectivity index (χ0n) is 25.8. The first-order chi connectivity index (χ1) is 20.7. The third kappa shape index (κ3) is 9.27. The third-order valence-corrected chi connectivity index (χ3v) is 8.45. The fourth-order valence-electron chi connectivity index (χ4n) is 5.91. The summed E-state index contributed by atoms with van der Waals surface area (Å²) >= 11 is 6.25. The first kappa shape index (κ1) is 33.0. The molecule has 7 nitrogen and oxygen atoms in total. The normalized spacial score (nSPS) is 24.5. The molecule has 0 bridgehead atoms. The van der Waals surface area contributed by atoms with Crippen molar-refractivity contribution < 1.29 is 14.6 Å². The molecule has 3 heterocycles. The van der Waals surface area contributed by atoms with Crippen LogP contribution in [-0.2, 0) is 16.1 Å². The molecule has 0 spiro atoms. The Morgan fingerprint density at radius 1 is 1.35 bits per heavy atom. The van der Waals surface area contributed by atoms with Gasteiger partial charge in [0.25, 0.3) is 0 Å². The molecule has 1 saturated heterocycles. The number of dihydropyridines is 1. The van der Waals surface area contributed by atoms with Crippen LogP contribution in [0.3, 0.4) is 0 Å². The Labute approximate surface area is 262 Å². The molecule has 232 valence electrons. The molecule has 3 N–H and O–H groups in total. The largest absolute Gasteiger partial charge is 0.386 e. The molecule has 1 aromatic carbocycles. The number of nitrogens with one attached hydrogen (secondary N) is 2. The number of ether oxygens (including phenoxy) is 1. The van der Waals surface area contributed by atoms with Crippen LogP contribution >= 0.6 is 11.6 Å². The van der Waals surface area contributed by atoms with Gasteiger partial charge in [-0.1, -0.05) is 48.6 Å². The predicted molar refractivity (Wildman–Crippen MR) is 177 cm³/mol. The Morgan fingerprint density at radius 2 is 2.19 bits per heavy atom. The summed E-state index contributed by atoms with van der Waals surface area (Å²) in [5, 5.41) is 18.4. The van der Waals surface area contributed by atoms with Gasteiger partial charge in [-0.15, -0.1) is 0 Å². The third-order valence-electron chi connectivity index (χ3n) is 8.21. The fourth-order valence-corrected chi connectivity index (χ4v) is 6.08. The van der Waals surface area contributed by atoms with Gasteiger partial charge in [0.15, 0.2) is 0 Å². The number of hydrogen-bond acceptors (Lipinski definition) is 7. The number of allylic oxidation sites excluding steroid dienone is 4. The topological polar surface area (TPSA) is 77.1 Å². The number of aliphatic hydroxyl groups is 1. The number of benzene rings is 1. The zero-order valence-corrected chi connectivity index (χ0v) is 26.6. The Kier molecular flexibility index (Phi) is 12.0. The molecule has 1 aromatic rings. The van der Waals surface area contributed by atoms with Crippen molar-refractivity contribution in [1.82, 2.24) is 15.1 Å². The van der Waals surface area contributed by atoms with Crippen molar-refractivity contribution in [2.24, 2.45) is 0 Å². The van der Waals surface area contributed by atoms with E-state index < -0.39 is 5.60 Å². The first-order valence-corrected chi connectivity index (χ1v) is 15.7. The van der Waals surface area contributed by atoms with Crippen LogP contribution in [0.4, 0.5) is 5.69 Å². The van der Waals surface area contributed by atoms with E-state index in [2.05, 4.69) is 52.2 Å². The molecule has 4 rings (SSSR count). The predicted octanol–water partition coefficient (Wildman–Crippen LogP) is 5.42. The van der Waals surface area contributed by atoms with Crippen molar-refractivity contribution in [3.63, 3.8) is 0 Å². The van der Waals surface area contributed by atoms with E-state index in [1.165, 1.54) is 0 Å². The highest BCUT2D eigenvalue weighted by atomic mass is 35.5. The molecule has 1 fully saturated rings. The molecule has 0 radical (unpaired) electrons. The maximum Gasteiger partial charge on any atom is 0.134 e. The quantitative estimate of drug-likeness (QED) is 0.291. The van der Waals surface area contributed by atoms with Crippen LogP contribution in [0.25, 0.3) is 0 Å². The van der Waals surface area contributed by atoms with E-state index in [4.69, 9.17) is 16.3 Å². The number of carbonyl (C=O) groups excluding carboxylic acids is 1. The number of hydrogen-bond donors (Lipinski definition) is 3. The van der Waals surface area contributed by atoms with Gasteiger partial charge in [-0.05, 0) is 98.5 Å². The average molecular weight is 607 g/mol. The highest BCUT2D eigenvalue weighted by molar-refractivity contribution is 6.30. The van der Waals surface area contributed by atoms with Crippen LogP contribution in [-0.4, -0.2) is 84.8 Å². The van der Waals surface area contributed by atoms with Crippen molar-refractivity contribution in [2.45, 2.75) is 57.8 Å². The molecule has 0 aromatic heterocycles. The molecular weight excluding hydrogens is 560 g/mol. The highest BCUT2D eigenvalue weighted by Crippen LogP contribution is 2.30. The Bertz CT molecular complexity index is 1290. The summed E-state index contributed by atoms with van der Waals surface area (Å²) in [6, 6.07) is 6.26. The number of carbonyl (C=O) groups is 1. The van der Waals surface area contributed by atoms with Crippen molar-refractivity contribution in [3.8, 4) is 0 Å². The van der Waals surface area contributed by atoms with Gasteiger partial charge in [0.05, 0.1) is 31.4 Å². The van der Waals surface area contributed by atoms with E-state index >= 15 is 0 Å². The molecule has 3 aliphatic rings. The summed E-state index contributed by atoms with van der Waals surface area (Å²) in [6.07, 6.45) is 17.1. The van der Waals surface area contributed by atoms with Crippen LogP contribution in [0.5, 0.6) is 0 Å². The molecule has 2 atom stereocenters. The lowest BCUT2D eigenvalue weighted by Gasteiger charge is -2.28. The first-order valence-electron chi connectivity index (χ1n) is 15.3. The van der Waals surface area contributed by atoms with E-state index in [0.717, 1.165) is 78.9 Å². The van der Waals surface area contributed by atoms with Crippen LogP contribution in [0.2, 0.25) is 5.02 Å². The molecule has 0 amide bonds. The molecule has 8 heteroatoms. The number of likely N-dealkylation sites (tertiary alicyclic amines) is 1. The second-order valence-electron chi connectivity index (χ2n) is 11.9. The van der Waals surface area contributed by atoms with Gasteiger partial charge < -0.3 is 30.2 Å². The number of anilines is 1. The van der Waals surface area contributed by atoms with Gasteiger partial charge in [-0.2, -0.15) is 0 Å². The maximum absolute atomic E-state index is 11.6. The number of rotatable bonds is 11. The number of halogens is 1. The number of nitrogens with zero attached hydrogens (tertiary/aromatic N) is 2. The summed E-state index contributed by atoms with van der Waals surface area (Å²) in [6.45, 7) is 15.8. The monoisotopic (exact) mass is 606 g/mol. The second kappa shape index (κ2) is 15.7. The molecule has 43 heavy (non-hydrogen) atoms. The van der Waals surface area contributed by atoms with E-state index in [1.54, 1.807) is 13.8 Å². The van der Waals surface area contributed by atoms with Gasteiger partial charge in [0.2, 0.25) is 0 Å². The molecule has 1 unspecified atom stereocenters. The van der Waals surface area contributed by atoms with Crippen molar-refractivity contribution in [3.05, 3.63) is 100 Å². The lowest BCUT2D eigenvalue weighted by atomic mass is 9.88. The molecular formula is C35H47ClN4O3. The molecule has 3 aliphatic heterocycles. The zero-order chi connectivity index (χ0) is 30.8. The minimum atomic E-state index is -1.01. The Balaban J connectivity index is 1.47. The summed E-state index contributed by atoms with van der Waals surface area (Å²) in [4.78, 5) is 16.4. The number of fused-ring (bicyclic) bond motifs is 1. The van der Waals surface area contributed by atoms with E-state index in [0.29, 0.717) is 37.4 Å². The van der Waals surface area contributed by atoms with Gasteiger partial charge in [-0.25, -0.2) is 0 Å². The van der Waals surface area contributed by atoms with Gasteiger partial charge >= 0.3 is 0 Å². The standard InChI is InChI=1S/C35H47ClN4O3/c1-5-37-33-22-29(36)13-12-27(33)23-40(18-19-41)30-14-17-39(24-30)16-7-11-31-26(2)21-28(35(3,4)42)9-8-20-43-25-34-32(31)10-6-15-38-34/h6,8-13,15,19,21-22,30,34,37-38,42H,2,5,7,14,16-18,20,23-25H2,1,3-4H3/b9-8-,28-21+,31-11-/t30-,34?/m1/s1. The van der Waals surface area contributed by atoms with Crippen LogP contribution in [0.1, 0.15) is 39.2 Å². The maximum atomic E-state index is 11.6. The summed E-state index contributed by atoms with van der Waals surface area (Å²) in [5.41, 5.74) is 5.03. The van der Waals surface area contributed by atoms with Crippen LogP contribution < -0.4 is 10.6 Å². The summed E-state index contributed by atoms with van der Waals surface area (Å²) < 4.78 is 5.95. The minimum absolute atomic E-state index is 0.0199. The van der Waals surface area contributed by atoms with E-state index in [-0.39, 0.29) is 6.04 Å². The van der Waals surface area contributed by atoms with Crippen LogP contribution in [0.15, 0.2) is 89.7 Å². The molecule has 0 aliphatic carbocycles. The van der Waals surface area contributed by atoms with E-state index in [1.807, 2.05) is 42.6 Å². The number of aldehydes is 1. The van der Waals surface area contributed by atoms with E-state index in [9.17, 15) is 9.90 Å². The van der Waals surface area contributed by atoms with Crippen molar-refractivity contribution >= 4 is 23.6 Å². The Morgan fingerprint density at radius 3 is 2.95 bits per heavy atom. The minimum Gasteiger partial charge on any atom is -0.386 e. The lowest BCUT2D eigenvalue weighted by molar-refractivity contribution is -0.109. The average Bonchev–Trinajstić information content (AvgIpc) is 3.43. The summed E-state index contributed by atoms with van der Waals surface area (Å²) in [7, 11) is 0. The van der Waals surface area contributed by atoms with Gasteiger partial charge in [0.1, 0.15) is 6.29 Å². The van der Waals surface area contributed by atoms with Crippen LogP contribution in [0, 0.1) is 0 Å². The lowest BCUT2D eigenvalue weighted by Crippen LogP contribution is -2.38. The highest BCUT2D eigenvalue weighted by Gasteiger charge is 2.28. The fraction of sp³-hybridized carbons (Fsp3) is 0.457. The Hall–Kier alpha value is -2.94. The van der Waals surface area contributed by atoms with Gasteiger partial charge in [-0.3, -0.25) is 4.90 Å². The smallest absolute Gasteiger partial charge is 0.134 e. The SMILES string of the molecule is C=C1/C=C(C(C)(C)O)\C=C/COCC2NC=CC=C2/C1=C\CCN1CC[C@@H](N(CC=O)Cc2ccc(Cl)cc2NCC)C1. The van der Waals surface area contributed by atoms with Gasteiger partial charge in [0, 0.05) is 42.9 Å².